The Bertz CT molecular complexity index is 2620. The minimum atomic E-state index is -4.95. The summed E-state index contributed by atoms with van der Waals surface area (Å²) in [5.74, 6) is -6.56. The van der Waals surface area contributed by atoms with Crippen molar-refractivity contribution in [1.82, 2.24) is 9.55 Å². The summed E-state index contributed by atoms with van der Waals surface area (Å²) in [6.07, 6.45) is -7.10. The number of fused-ring (bicyclic) bond motifs is 1. The number of pyridine rings is 1. The number of alkyl halides is 2. The molecular formula is C42H44ClF2N4O16PS. The maximum atomic E-state index is 14.1. The number of rotatable bonds is 21. The normalized spacial score (nSPS) is 19.3. The van der Waals surface area contributed by atoms with Gasteiger partial charge in [0.1, 0.15) is 47.1 Å². The van der Waals surface area contributed by atoms with Gasteiger partial charge in [0.05, 0.1) is 11.4 Å². The summed E-state index contributed by atoms with van der Waals surface area (Å²) in [5, 5.41) is 34.7. The molecule has 2 fully saturated rings. The summed E-state index contributed by atoms with van der Waals surface area (Å²) in [7, 11) is -9.65. The molecule has 20 nitrogen and oxygen atoms in total. The SMILES string of the molecule is CC(=O)Oc1ccccc1CCC(=O)OCOP(=O)(CS(=O)(=O)C[C@H]1OC(n2ccc3c(NC4CC(F)(F)C4)c(C#N)c(Cl)nc32)[C@H](O)[C@@H]1O)OCOC(=O)CCc1ccccc1OC(C)=O. The molecule has 6 rings (SSSR count). The van der Waals surface area contributed by atoms with Crippen LogP contribution in [-0.2, 0) is 69.7 Å². The summed E-state index contributed by atoms with van der Waals surface area (Å²) >= 11 is 6.32. The van der Waals surface area contributed by atoms with Crippen LogP contribution in [0, 0.1) is 11.3 Å². The highest BCUT2D eigenvalue weighted by molar-refractivity contribution is 7.97. The van der Waals surface area contributed by atoms with Crippen LogP contribution in [0.2, 0.25) is 5.15 Å². The Morgan fingerprint density at radius 2 is 1.46 bits per heavy atom. The van der Waals surface area contributed by atoms with Crippen molar-refractivity contribution >= 4 is 69.6 Å². The monoisotopic (exact) mass is 996 g/mol. The Morgan fingerprint density at radius 1 is 0.925 bits per heavy atom. The van der Waals surface area contributed by atoms with Gasteiger partial charge in [-0.2, -0.15) is 5.26 Å². The first-order valence-electron chi connectivity index (χ1n) is 20.3. The van der Waals surface area contributed by atoms with Gasteiger partial charge in [-0.25, -0.2) is 22.2 Å². The zero-order valence-corrected chi connectivity index (χ0v) is 38.1. The smallest absolute Gasteiger partial charge is 0.351 e. The van der Waals surface area contributed by atoms with E-state index in [1.165, 1.54) is 42.8 Å². The van der Waals surface area contributed by atoms with Gasteiger partial charge in [-0.15, -0.1) is 0 Å². The fraction of sp³-hybridized carbons (Fsp3) is 0.429. The van der Waals surface area contributed by atoms with Crippen LogP contribution < -0.4 is 14.8 Å². The van der Waals surface area contributed by atoms with E-state index in [1.54, 1.807) is 36.4 Å². The van der Waals surface area contributed by atoms with Gasteiger partial charge in [-0.05, 0) is 42.2 Å². The number of benzene rings is 2. The van der Waals surface area contributed by atoms with Crippen LogP contribution in [-0.4, -0.2) is 107 Å². The summed E-state index contributed by atoms with van der Waals surface area (Å²) in [4.78, 5) is 52.5. The van der Waals surface area contributed by atoms with Gasteiger partial charge >= 0.3 is 31.5 Å². The van der Waals surface area contributed by atoms with Crippen LogP contribution in [0.5, 0.6) is 11.5 Å². The van der Waals surface area contributed by atoms with E-state index in [2.05, 4.69) is 10.3 Å². The Balaban J connectivity index is 1.13. The number of esters is 4. The molecule has 2 aliphatic rings. The number of aliphatic hydroxyl groups excluding tert-OH is 2. The minimum Gasteiger partial charge on any atom is -0.438 e. The zero-order valence-electron chi connectivity index (χ0n) is 35.7. The van der Waals surface area contributed by atoms with Crippen LogP contribution in [0.1, 0.15) is 62.4 Å². The first kappa shape index (κ1) is 50.8. The summed E-state index contributed by atoms with van der Waals surface area (Å²) in [6.45, 7) is 0.194. The van der Waals surface area contributed by atoms with E-state index in [4.69, 9.17) is 44.3 Å². The molecule has 4 atom stereocenters. The lowest BCUT2D eigenvalue weighted by Gasteiger charge is -2.36. The number of hydrogen-bond acceptors (Lipinski definition) is 19. The van der Waals surface area contributed by atoms with Crippen molar-refractivity contribution in [3.63, 3.8) is 0 Å². The molecule has 0 bridgehead atoms. The summed E-state index contributed by atoms with van der Waals surface area (Å²) < 4.78 is 107. The van der Waals surface area contributed by atoms with E-state index < -0.39 is 115 Å². The number of halogens is 3. The first-order chi connectivity index (χ1) is 31.7. The fourth-order valence-electron chi connectivity index (χ4n) is 7.21. The van der Waals surface area contributed by atoms with Gasteiger partial charge in [0.2, 0.25) is 13.6 Å². The molecule has 1 aliphatic heterocycles. The van der Waals surface area contributed by atoms with Crippen LogP contribution in [0.25, 0.3) is 11.0 Å². The van der Waals surface area contributed by atoms with Crippen molar-refractivity contribution in [2.45, 2.75) is 88.9 Å². The van der Waals surface area contributed by atoms with Crippen molar-refractivity contribution in [1.29, 1.82) is 5.26 Å². The number of nitrogens with one attached hydrogen (secondary N) is 1. The molecule has 0 radical (unpaired) electrons. The molecule has 360 valence electrons. The number of anilines is 1. The van der Waals surface area contributed by atoms with E-state index in [0.29, 0.717) is 11.1 Å². The van der Waals surface area contributed by atoms with Crippen molar-refractivity contribution < 1.29 is 83.9 Å². The predicted octanol–water partition coefficient (Wildman–Crippen LogP) is 5.11. The van der Waals surface area contributed by atoms with E-state index in [-0.39, 0.29) is 64.6 Å². The third-order valence-corrected chi connectivity index (χ3v) is 15.3. The van der Waals surface area contributed by atoms with Gasteiger partial charge < -0.3 is 43.8 Å². The second kappa shape index (κ2) is 21.6. The van der Waals surface area contributed by atoms with Crippen molar-refractivity contribution in [3.05, 3.63) is 82.6 Å². The van der Waals surface area contributed by atoms with E-state index >= 15 is 0 Å². The third kappa shape index (κ3) is 13.3. The number of para-hydroxylation sites is 2. The fourth-order valence-corrected chi connectivity index (χ4v) is 11.6. The number of sulfone groups is 1. The lowest BCUT2D eigenvalue weighted by Crippen LogP contribution is -2.44. The average Bonchev–Trinajstić information content (AvgIpc) is 3.77. The Morgan fingerprint density at radius 3 is 1.97 bits per heavy atom. The summed E-state index contributed by atoms with van der Waals surface area (Å²) in [5.41, 5.74) is -0.546. The molecule has 67 heavy (non-hydrogen) atoms. The van der Waals surface area contributed by atoms with E-state index in [9.17, 15) is 56.4 Å². The number of aromatic nitrogens is 2. The van der Waals surface area contributed by atoms with Gasteiger partial charge in [0, 0.05) is 57.2 Å². The highest BCUT2D eigenvalue weighted by Gasteiger charge is 2.48. The second-order valence-corrected chi connectivity index (χ2v) is 20.4. The largest absolute Gasteiger partial charge is 0.438 e. The van der Waals surface area contributed by atoms with Crippen LogP contribution in [0.4, 0.5) is 14.5 Å². The quantitative estimate of drug-likeness (QED) is 0.0322. The maximum Gasteiger partial charge on any atom is 0.351 e. The Hall–Kier alpha value is -5.57. The molecule has 25 heteroatoms. The first-order valence-corrected chi connectivity index (χ1v) is 24.3. The standard InChI is InChI=1S/C42H44ClF2N4O16PS/c1-24(50)63-31-9-5-3-7-26(31)11-13-34(52)59-21-61-66(56,62-22-60-35(53)14-12-27-8-4-6-10-32(27)64-25(2)51)23-67(57,58)20-33-37(54)38(55)41(65-33)49-16-15-29-36(47-28-17-42(44,45)18-28)30(19-46)39(43)48-40(29)49/h3-10,15-16,28,33,37-38,41,54-55H,11-14,17-18,20-23H2,1-2H3,(H,47,48)/t33-,37-,38-,41?/m1/s1. The van der Waals surface area contributed by atoms with Gasteiger partial charge in [-0.1, -0.05) is 48.0 Å². The zero-order chi connectivity index (χ0) is 48.7. The maximum absolute atomic E-state index is 14.1. The number of carbonyl (C=O) groups excluding carboxylic acids is 4. The second-order valence-electron chi connectivity index (χ2n) is 15.5. The topological polar surface area (TPSA) is 278 Å². The average molecular weight is 997 g/mol. The Labute approximate surface area is 386 Å². The molecule has 1 aliphatic carbocycles. The number of nitrogens with zero attached hydrogens (tertiary/aromatic N) is 3. The highest BCUT2D eigenvalue weighted by Crippen LogP contribution is 2.50. The van der Waals surface area contributed by atoms with Crippen molar-refractivity contribution in [3.8, 4) is 17.6 Å². The molecule has 3 N–H and O–H groups in total. The Kier molecular flexibility index (Phi) is 16.4. The molecule has 4 aromatic rings. The van der Waals surface area contributed by atoms with E-state index in [0.717, 1.165) is 0 Å². The van der Waals surface area contributed by atoms with Gasteiger partial charge in [-0.3, -0.25) is 32.8 Å². The molecule has 2 aromatic carbocycles. The van der Waals surface area contributed by atoms with E-state index in [1.807, 2.05) is 6.07 Å². The number of carbonyl (C=O) groups is 4. The third-order valence-electron chi connectivity index (χ3n) is 10.3. The number of hydrogen-bond donors (Lipinski definition) is 3. The van der Waals surface area contributed by atoms with Crippen LogP contribution in [0.15, 0.2) is 60.8 Å². The number of aliphatic hydroxyl groups is 2. The van der Waals surface area contributed by atoms with Crippen molar-refractivity contribution in [2.24, 2.45) is 0 Å². The summed E-state index contributed by atoms with van der Waals surface area (Å²) in [6, 6.07) is 15.4. The predicted molar refractivity (Wildman–Crippen MR) is 229 cm³/mol. The minimum absolute atomic E-state index is 0.0186. The molecule has 0 amide bonds. The lowest BCUT2D eigenvalue weighted by molar-refractivity contribution is -0.152. The van der Waals surface area contributed by atoms with Crippen molar-refractivity contribution in [2.75, 3.05) is 30.1 Å². The van der Waals surface area contributed by atoms with Gasteiger partial charge in [0.25, 0.3) is 5.92 Å². The molecule has 0 spiro atoms. The van der Waals surface area contributed by atoms with Gasteiger partial charge in [0.15, 0.2) is 26.7 Å². The lowest BCUT2D eigenvalue weighted by atomic mass is 9.88. The molecule has 1 saturated heterocycles. The number of ether oxygens (including phenoxy) is 5. The highest BCUT2D eigenvalue weighted by atomic mass is 35.5. The van der Waals surface area contributed by atoms with Crippen LogP contribution in [0.3, 0.4) is 0 Å². The molecule has 3 heterocycles. The number of aryl methyl sites for hydroxylation is 2. The number of nitriles is 1. The molecule has 1 unspecified atom stereocenters. The van der Waals surface area contributed by atoms with Crippen LogP contribution >= 0.6 is 19.2 Å². The molecular weight excluding hydrogens is 953 g/mol. The molecule has 1 saturated carbocycles. The molecule has 2 aromatic heterocycles.